The van der Waals surface area contributed by atoms with Gasteiger partial charge in [-0.25, -0.2) is 4.39 Å². The molecular weight excluding hydrogens is 291 g/mol. The van der Waals surface area contributed by atoms with Gasteiger partial charge in [0.05, 0.1) is 13.0 Å². The van der Waals surface area contributed by atoms with Crippen molar-refractivity contribution < 1.29 is 23.5 Å². The zero-order valence-corrected chi connectivity index (χ0v) is 12.5. The molecule has 2 atom stereocenters. The Labute approximate surface area is 127 Å². The summed E-state index contributed by atoms with van der Waals surface area (Å²) in [6.45, 7) is 3.51. The van der Waals surface area contributed by atoms with Gasteiger partial charge in [-0.1, -0.05) is 6.92 Å². The van der Waals surface area contributed by atoms with Crippen LogP contribution in [0, 0.1) is 11.7 Å². The van der Waals surface area contributed by atoms with Crippen molar-refractivity contribution in [1.82, 2.24) is 5.32 Å². The largest absolute Gasteiger partial charge is 0.466 e. The van der Waals surface area contributed by atoms with E-state index < -0.39 is 35.6 Å². The van der Waals surface area contributed by atoms with Gasteiger partial charge in [0.25, 0.3) is 5.91 Å². The lowest BCUT2D eigenvalue weighted by Gasteiger charge is -2.21. The third-order valence-electron chi connectivity index (χ3n) is 3.06. The van der Waals surface area contributed by atoms with Gasteiger partial charge in [0.1, 0.15) is 11.9 Å². The average Bonchev–Trinajstić information content (AvgIpc) is 2.44. The molecule has 1 aromatic rings. The number of nitrogens with two attached hydrogens (primary N) is 1. The number of rotatable bonds is 7. The Kier molecular flexibility index (Phi) is 6.49. The SMILES string of the molecule is CCOC(=O)C[C@H](C)[C@H](NC(=O)c1ccc(F)cc1)C(N)=O. The summed E-state index contributed by atoms with van der Waals surface area (Å²) in [5.41, 5.74) is 5.46. The Morgan fingerprint density at radius 2 is 1.86 bits per heavy atom. The van der Waals surface area contributed by atoms with Crippen molar-refractivity contribution in [3.05, 3.63) is 35.6 Å². The van der Waals surface area contributed by atoms with E-state index in [0.717, 1.165) is 12.1 Å². The molecule has 0 spiro atoms. The van der Waals surface area contributed by atoms with E-state index in [-0.39, 0.29) is 18.6 Å². The van der Waals surface area contributed by atoms with Crippen LogP contribution in [0.25, 0.3) is 0 Å². The zero-order valence-electron chi connectivity index (χ0n) is 12.5. The molecule has 3 N–H and O–H groups in total. The number of primary amides is 1. The molecule has 6 nitrogen and oxygen atoms in total. The fourth-order valence-electron chi connectivity index (χ4n) is 1.92. The number of halogens is 1. The molecular formula is C15H19FN2O4. The van der Waals surface area contributed by atoms with Gasteiger partial charge in [-0.2, -0.15) is 0 Å². The Morgan fingerprint density at radius 1 is 1.27 bits per heavy atom. The van der Waals surface area contributed by atoms with Crippen LogP contribution in [0.1, 0.15) is 30.6 Å². The fraction of sp³-hybridized carbons (Fsp3) is 0.400. The molecule has 0 fully saturated rings. The number of amides is 2. The summed E-state index contributed by atoms with van der Waals surface area (Å²) in [6.07, 6.45) is -0.0505. The highest BCUT2D eigenvalue weighted by Crippen LogP contribution is 2.11. The van der Waals surface area contributed by atoms with E-state index >= 15 is 0 Å². The van der Waals surface area contributed by atoms with Crippen LogP contribution in [-0.4, -0.2) is 30.4 Å². The molecule has 0 saturated carbocycles. The molecule has 0 aromatic heterocycles. The topological polar surface area (TPSA) is 98.5 Å². The Bertz CT molecular complexity index is 545. The number of hydrogen-bond acceptors (Lipinski definition) is 4. The summed E-state index contributed by atoms with van der Waals surface area (Å²) < 4.78 is 17.6. The number of ether oxygens (including phenoxy) is 1. The van der Waals surface area contributed by atoms with Crippen LogP contribution < -0.4 is 11.1 Å². The predicted octanol–water partition coefficient (Wildman–Crippen LogP) is 0.999. The molecule has 120 valence electrons. The van der Waals surface area contributed by atoms with E-state index in [0.29, 0.717) is 0 Å². The first-order chi connectivity index (χ1) is 10.3. The lowest BCUT2D eigenvalue weighted by atomic mass is 9.97. The Balaban J connectivity index is 2.75. The summed E-state index contributed by atoms with van der Waals surface area (Å²) in [5.74, 6) is -2.80. The minimum atomic E-state index is -1.03. The van der Waals surface area contributed by atoms with Crippen LogP contribution in [0.2, 0.25) is 0 Å². The summed E-state index contributed by atoms with van der Waals surface area (Å²) in [7, 11) is 0. The summed E-state index contributed by atoms with van der Waals surface area (Å²) in [6, 6.07) is 3.83. The van der Waals surface area contributed by atoms with Crippen LogP contribution in [-0.2, 0) is 14.3 Å². The zero-order chi connectivity index (χ0) is 16.7. The maximum Gasteiger partial charge on any atom is 0.306 e. The third kappa shape index (κ3) is 5.16. The van der Waals surface area contributed by atoms with Gasteiger partial charge in [-0.05, 0) is 37.1 Å². The van der Waals surface area contributed by atoms with Gasteiger partial charge in [0.2, 0.25) is 5.91 Å². The molecule has 0 saturated heterocycles. The van der Waals surface area contributed by atoms with Crippen LogP contribution >= 0.6 is 0 Å². The highest BCUT2D eigenvalue weighted by Gasteiger charge is 2.27. The highest BCUT2D eigenvalue weighted by atomic mass is 19.1. The van der Waals surface area contributed by atoms with Crippen molar-refractivity contribution in [2.24, 2.45) is 11.7 Å². The fourth-order valence-corrected chi connectivity index (χ4v) is 1.92. The van der Waals surface area contributed by atoms with Gasteiger partial charge in [-0.15, -0.1) is 0 Å². The van der Waals surface area contributed by atoms with Crippen molar-refractivity contribution in [2.75, 3.05) is 6.61 Å². The molecule has 0 aliphatic heterocycles. The second-order valence-electron chi connectivity index (χ2n) is 4.85. The van der Waals surface area contributed by atoms with Crippen LogP contribution in [0.4, 0.5) is 4.39 Å². The third-order valence-corrected chi connectivity index (χ3v) is 3.06. The molecule has 22 heavy (non-hydrogen) atoms. The molecule has 1 rings (SSSR count). The predicted molar refractivity (Wildman–Crippen MR) is 77.3 cm³/mol. The molecule has 0 bridgehead atoms. The van der Waals surface area contributed by atoms with E-state index in [1.807, 2.05) is 0 Å². The first kappa shape index (κ1) is 17.6. The molecule has 1 aromatic carbocycles. The van der Waals surface area contributed by atoms with E-state index in [9.17, 15) is 18.8 Å². The number of carbonyl (C=O) groups is 3. The van der Waals surface area contributed by atoms with E-state index in [4.69, 9.17) is 10.5 Å². The lowest BCUT2D eigenvalue weighted by molar-refractivity contribution is -0.144. The summed E-state index contributed by atoms with van der Waals surface area (Å²) >= 11 is 0. The summed E-state index contributed by atoms with van der Waals surface area (Å²) in [5, 5.41) is 2.46. The lowest BCUT2D eigenvalue weighted by Crippen LogP contribution is -2.49. The maximum absolute atomic E-state index is 12.8. The number of carbonyl (C=O) groups excluding carboxylic acids is 3. The smallest absolute Gasteiger partial charge is 0.306 e. The first-order valence-electron chi connectivity index (χ1n) is 6.86. The number of esters is 1. The second kappa shape index (κ2) is 8.11. The molecule has 0 aliphatic rings. The first-order valence-corrected chi connectivity index (χ1v) is 6.86. The summed E-state index contributed by atoms with van der Waals surface area (Å²) in [4.78, 5) is 35.0. The van der Waals surface area contributed by atoms with Crippen LogP contribution in [0.15, 0.2) is 24.3 Å². The highest BCUT2D eigenvalue weighted by molar-refractivity contribution is 5.97. The van der Waals surface area contributed by atoms with Gasteiger partial charge >= 0.3 is 5.97 Å². The van der Waals surface area contributed by atoms with E-state index in [1.54, 1.807) is 13.8 Å². The van der Waals surface area contributed by atoms with E-state index in [2.05, 4.69) is 5.32 Å². The maximum atomic E-state index is 12.8. The molecule has 0 heterocycles. The van der Waals surface area contributed by atoms with Crippen molar-refractivity contribution in [3.8, 4) is 0 Å². The van der Waals surface area contributed by atoms with E-state index in [1.165, 1.54) is 12.1 Å². The minimum absolute atomic E-state index is 0.0505. The Morgan fingerprint density at radius 3 is 2.36 bits per heavy atom. The van der Waals surface area contributed by atoms with Gasteiger partial charge < -0.3 is 15.8 Å². The minimum Gasteiger partial charge on any atom is -0.466 e. The van der Waals surface area contributed by atoms with Crippen molar-refractivity contribution >= 4 is 17.8 Å². The standard InChI is InChI=1S/C15H19FN2O4/c1-3-22-12(19)8-9(2)13(14(17)20)18-15(21)10-4-6-11(16)7-5-10/h4-7,9,13H,3,8H2,1-2H3,(H2,17,20)(H,18,21)/t9-,13-/m0/s1. The van der Waals surface area contributed by atoms with Crippen molar-refractivity contribution in [1.29, 1.82) is 0 Å². The monoisotopic (exact) mass is 310 g/mol. The van der Waals surface area contributed by atoms with Crippen LogP contribution in [0.3, 0.4) is 0 Å². The normalized spacial score (nSPS) is 13.0. The molecule has 0 unspecified atom stereocenters. The molecule has 0 aliphatic carbocycles. The number of hydrogen-bond donors (Lipinski definition) is 2. The Hall–Kier alpha value is -2.44. The average molecular weight is 310 g/mol. The number of benzene rings is 1. The van der Waals surface area contributed by atoms with Crippen molar-refractivity contribution in [2.45, 2.75) is 26.3 Å². The van der Waals surface area contributed by atoms with Crippen molar-refractivity contribution in [3.63, 3.8) is 0 Å². The van der Waals surface area contributed by atoms with Crippen LogP contribution in [0.5, 0.6) is 0 Å². The second-order valence-corrected chi connectivity index (χ2v) is 4.85. The van der Waals surface area contributed by atoms with Gasteiger partial charge in [0.15, 0.2) is 0 Å². The molecule has 2 amide bonds. The number of nitrogens with one attached hydrogen (secondary N) is 1. The molecule has 0 radical (unpaired) electrons. The van der Waals surface area contributed by atoms with Gasteiger partial charge in [-0.3, -0.25) is 14.4 Å². The quantitative estimate of drug-likeness (QED) is 0.734. The van der Waals surface area contributed by atoms with Gasteiger partial charge in [0, 0.05) is 5.56 Å². The molecule has 7 heteroatoms.